The maximum atomic E-state index is 12.3. The summed E-state index contributed by atoms with van der Waals surface area (Å²) in [5, 5.41) is 2.49. The van der Waals surface area contributed by atoms with Crippen molar-refractivity contribution in [3.8, 4) is 0 Å². The van der Waals surface area contributed by atoms with Crippen molar-refractivity contribution < 1.29 is 4.79 Å². The van der Waals surface area contributed by atoms with E-state index in [4.69, 9.17) is 0 Å². The topological polar surface area (TPSA) is 17.1 Å². The smallest absolute Gasteiger partial charge is 0.167 e. The van der Waals surface area contributed by atoms with Gasteiger partial charge in [0.25, 0.3) is 0 Å². The van der Waals surface area contributed by atoms with Gasteiger partial charge in [-0.2, -0.15) is 0 Å². The van der Waals surface area contributed by atoms with E-state index < -0.39 is 7.92 Å². The minimum absolute atomic E-state index is 0.0557. The number of benzene rings is 2. The van der Waals surface area contributed by atoms with E-state index in [-0.39, 0.29) is 11.4 Å². The third kappa shape index (κ3) is 2.64. The summed E-state index contributed by atoms with van der Waals surface area (Å²) in [5.74, 6) is 0.200. The molecule has 0 bridgehead atoms. The van der Waals surface area contributed by atoms with Gasteiger partial charge in [-0.25, -0.2) is 0 Å². The van der Waals surface area contributed by atoms with Gasteiger partial charge in [0.1, 0.15) is 0 Å². The van der Waals surface area contributed by atoms with Crippen LogP contribution in [-0.4, -0.2) is 11.4 Å². The summed E-state index contributed by atoms with van der Waals surface area (Å²) in [4.78, 5) is 12.3. The van der Waals surface area contributed by atoms with Crippen LogP contribution in [0.1, 0.15) is 0 Å². The van der Waals surface area contributed by atoms with Crippen molar-refractivity contribution in [2.45, 2.75) is 5.66 Å². The van der Waals surface area contributed by atoms with Crippen molar-refractivity contribution >= 4 is 24.3 Å². The van der Waals surface area contributed by atoms with E-state index in [1.807, 2.05) is 54.6 Å². The van der Waals surface area contributed by atoms with Gasteiger partial charge in [-0.1, -0.05) is 78.9 Å². The van der Waals surface area contributed by atoms with E-state index >= 15 is 0 Å². The Labute approximate surface area is 120 Å². The van der Waals surface area contributed by atoms with E-state index in [1.54, 1.807) is 6.08 Å². The van der Waals surface area contributed by atoms with Crippen LogP contribution in [0.15, 0.2) is 85.0 Å². The highest BCUT2D eigenvalue weighted by Crippen LogP contribution is 2.41. The monoisotopic (exact) mass is 278 g/mol. The van der Waals surface area contributed by atoms with E-state index in [9.17, 15) is 4.79 Å². The number of allylic oxidation sites excluding steroid dienone is 4. The lowest BCUT2D eigenvalue weighted by atomic mass is 10.2. The average molecular weight is 278 g/mol. The first-order valence-electron chi connectivity index (χ1n) is 6.64. The molecule has 1 aliphatic rings. The summed E-state index contributed by atoms with van der Waals surface area (Å²) < 4.78 is 0. The zero-order valence-electron chi connectivity index (χ0n) is 11.0. The van der Waals surface area contributed by atoms with Gasteiger partial charge in [-0.3, -0.25) is 4.79 Å². The van der Waals surface area contributed by atoms with Crippen LogP contribution in [0.25, 0.3) is 0 Å². The van der Waals surface area contributed by atoms with Crippen LogP contribution in [0.3, 0.4) is 0 Å². The molecule has 0 heterocycles. The zero-order chi connectivity index (χ0) is 13.8. The molecule has 0 spiro atoms. The van der Waals surface area contributed by atoms with Crippen LogP contribution in [0.2, 0.25) is 0 Å². The van der Waals surface area contributed by atoms with Crippen molar-refractivity contribution in [3.05, 3.63) is 85.0 Å². The molecule has 0 radical (unpaired) electrons. The minimum Gasteiger partial charge on any atom is -0.294 e. The Hall–Kier alpha value is -1.98. The molecule has 0 fully saturated rings. The van der Waals surface area contributed by atoms with Gasteiger partial charge in [-0.05, 0) is 24.6 Å². The normalized spacial score (nSPS) is 17.6. The van der Waals surface area contributed by atoms with E-state index in [2.05, 4.69) is 24.3 Å². The highest BCUT2D eigenvalue weighted by atomic mass is 31.1. The van der Waals surface area contributed by atoms with E-state index in [1.165, 1.54) is 10.6 Å². The Balaban J connectivity index is 2.07. The lowest BCUT2D eigenvalue weighted by Crippen LogP contribution is -2.26. The van der Waals surface area contributed by atoms with Crippen molar-refractivity contribution in [1.82, 2.24) is 0 Å². The van der Waals surface area contributed by atoms with Crippen LogP contribution >= 0.6 is 7.92 Å². The van der Waals surface area contributed by atoms with Gasteiger partial charge < -0.3 is 0 Å². The summed E-state index contributed by atoms with van der Waals surface area (Å²) >= 11 is 0. The molecule has 0 N–H and O–H groups in total. The SMILES string of the molecule is O=C1C=CC=CC1P(c1ccccc1)c1ccccc1. The predicted octanol–water partition coefficient (Wildman–Crippen LogP) is 3.18. The fraction of sp³-hybridized carbons (Fsp3) is 0.0556. The first kappa shape index (κ1) is 13.0. The predicted molar refractivity (Wildman–Crippen MR) is 86.1 cm³/mol. The van der Waals surface area contributed by atoms with Crippen molar-refractivity contribution in [2.24, 2.45) is 0 Å². The molecule has 0 aromatic heterocycles. The van der Waals surface area contributed by atoms with Crippen LogP contribution in [0.5, 0.6) is 0 Å². The van der Waals surface area contributed by atoms with Crippen LogP contribution in [-0.2, 0) is 4.79 Å². The summed E-state index contributed by atoms with van der Waals surface area (Å²) in [5.41, 5.74) is -0.0557. The summed E-state index contributed by atoms with van der Waals surface area (Å²) in [6, 6.07) is 20.7. The molecule has 1 aliphatic carbocycles. The van der Waals surface area contributed by atoms with Crippen molar-refractivity contribution in [3.63, 3.8) is 0 Å². The van der Waals surface area contributed by atoms with Gasteiger partial charge in [0.05, 0.1) is 5.66 Å². The molecule has 20 heavy (non-hydrogen) atoms. The van der Waals surface area contributed by atoms with Crippen LogP contribution in [0, 0.1) is 0 Å². The Morgan fingerprint density at radius 3 is 1.80 bits per heavy atom. The number of hydrogen-bond acceptors (Lipinski definition) is 1. The maximum absolute atomic E-state index is 12.3. The van der Waals surface area contributed by atoms with Crippen molar-refractivity contribution in [2.75, 3.05) is 0 Å². The quantitative estimate of drug-likeness (QED) is 0.788. The Morgan fingerprint density at radius 1 is 0.750 bits per heavy atom. The summed E-state index contributed by atoms with van der Waals surface area (Å²) in [6.45, 7) is 0. The molecular formula is C18H15OP. The summed E-state index contributed by atoms with van der Waals surface area (Å²) in [6.07, 6.45) is 7.52. The lowest BCUT2D eigenvalue weighted by molar-refractivity contribution is -0.113. The van der Waals surface area contributed by atoms with Crippen molar-refractivity contribution in [1.29, 1.82) is 0 Å². The molecule has 98 valence electrons. The minimum atomic E-state index is -0.696. The van der Waals surface area contributed by atoms with Gasteiger partial charge in [0.2, 0.25) is 0 Å². The third-order valence-electron chi connectivity index (χ3n) is 3.30. The molecule has 2 aromatic carbocycles. The summed E-state index contributed by atoms with van der Waals surface area (Å²) in [7, 11) is -0.696. The second-order valence-corrected chi connectivity index (χ2v) is 6.96. The largest absolute Gasteiger partial charge is 0.294 e. The molecule has 2 heteroatoms. The Kier molecular flexibility index (Phi) is 3.90. The fourth-order valence-corrected chi connectivity index (χ4v) is 4.91. The first-order chi connectivity index (χ1) is 9.86. The Morgan fingerprint density at radius 2 is 1.30 bits per heavy atom. The molecule has 0 aliphatic heterocycles. The van der Waals surface area contributed by atoms with Gasteiger partial charge >= 0.3 is 0 Å². The fourth-order valence-electron chi connectivity index (χ4n) is 2.37. The number of ketones is 1. The first-order valence-corrected chi connectivity index (χ1v) is 8.05. The molecule has 0 amide bonds. The van der Waals surface area contributed by atoms with E-state index in [0.717, 1.165) is 0 Å². The second kappa shape index (κ2) is 5.98. The Bertz CT molecular complexity index is 604. The van der Waals surface area contributed by atoms with Gasteiger partial charge in [0, 0.05) is 0 Å². The molecule has 1 nitrogen and oxygen atoms in total. The molecular weight excluding hydrogens is 263 g/mol. The number of rotatable bonds is 3. The van der Waals surface area contributed by atoms with Gasteiger partial charge in [0.15, 0.2) is 5.78 Å². The van der Waals surface area contributed by atoms with Crippen LogP contribution in [0.4, 0.5) is 0 Å². The standard InChI is InChI=1S/C18H15OP/c19-17-13-7-8-14-18(17)20(15-9-3-1-4-10-15)16-11-5-2-6-12-16/h1-14,18H. The number of carbonyl (C=O) groups excluding carboxylic acids is 1. The lowest BCUT2D eigenvalue weighted by Gasteiger charge is -2.25. The molecule has 1 unspecified atom stereocenters. The molecule has 2 aromatic rings. The van der Waals surface area contributed by atoms with Crippen LogP contribution < -0.4 is 10.6 Å². The molecule has 1 atom stereocenters. The highest BCUT2D eigenvalue weighted by Gasteiger charge is 2.27. The number of hydrogen-bond donors (Lipinski definition) is 0. The number of carbonyl (C=O) groups is 1. The molecule has 0 saturated carbocycles. The maximum Gasteiger partial charge on any atom is 0.167 e. The van der Waals surface area contributed by atoms with Gasteiger partial charge in [-0.15, -0.1) is 0 Å². The third-order valence-corrected chi connectivity index (χ3v) is 6.00. The zero-order valence-corrected chi connectivity index (χ0v) is 11.9. The molecule has 0 saturated heterocycles. The highest BCUT2D eigenvalue weighted by molar-refractivity contribution is 7.74. The average Bonchev–Trinajstić information content (AvgIpc) is 2.52. The molecule has 3 rings (SSSR count). The second-order valence-electron chi connectivity index (χ2n) is 4.63. The van der Waals surface area contributed by atoms with E-state index in [0.29, 0.717) is 0 Å².